The number of alkyl halides is 3. The number of ether oxygens (including phenoxy) is 1. The molecular weight excluding hydrogens is 357 g/mol. The fourth-order valence-electron chi connectivity index (χ4n) is 3.73. The van der Waals surface area contributed by atoms with Crippen molar-refractivity contribution < 1.29 is 22.7 Å². The van der Waals surface area contributed by atoms with Gasteiger partial charge in [-0.05, 0) is 30.5 Å². The number of nitrogens with zero attached hydrogens (tertiary/aromatic N) is 2. The van der Waals surface area contributed by atoms with E-state index in [1.807, 2.05) is 0 Å². The molecular formula is C20H21F3N2O2. The molecule has 2 aromatic rings. The van der Waals surface area contributed by atoms with E-state index in [-0.39, 0.29) is 5.91 Å². The van der Waals surface area contributed by atoms with Crippen molar-refractivity contribution in [2.75, 3.05) is 19.1 Å². The molecule has 0 atom stereocenters. The van der Waals surface area contributed by atoms with Crippen LogP contribution in [0.2, 0.25) is 0 Å². The van der Waals surface area contributed by atoms with Crippen LogP contribution in [0.25, 0.3) is 0 Å². The van der Waals surface area contributed by atoms with Gasteiger partial charge in [-0.15, -0.1) is 0 Å². The van der Waals surface area contributed by atoms with Crippen molar-refractivity contribution in [3.63, 3.8) is 0 Å². The van der Waals surface area contributed by atoms with E-state index in [0.29, 0.717) is 30.0 Å². The Morgan fingerprint density at radius 2 is 1.89 bits per heavy atom. The number of hydrogen-bond acceptors (Lipinski definition) is 3. The first-order valence-corrected chi connectivity index (χ1v) is 8.74. The van der Waals surface area contributed by atoms with Crippen LogP contribution in [0.15, 0.2) is 42.6 Å². The Bertz CT molecular complexity index is 813. The van der Waals surface area contributed by atoms with Gasteiger partial charge in [-0.1, -0.05) is 31.0 Å². The second kappa shape index (κ2) is 7.21. The van der Waals surface area contributed by atoms with Gasteiger partial charge in [0, 0.05) is 13.1 Å². The second-order valence-electron chi connectivity index (χ2n) is 6.79. The van der Waals surface area contributed by atoms with E-state index in [9.17, 15) is 18.0 Å². The summed E-state index contributed by atoms with van der Waals surface area (Å²) < 4.78 is 44.5. The van der Waals surface area contributed by atoms with E-state index in [2.05, 4.69) is 4.98 Å². The molecule has 1 amide bonds. The number of benzene rings is 1. The van der Waals surface area contributed by atoms with Crippen LogP contribution < -0.4 is 9.64 Å². The standard InChI is InChI=1S/C20H21F3N2O2/c1-25(16-8-9-17(27-2)24-13-16)18(26)19(10-3-4-11-19)14-6-5-7-15(12-14)20(21,22)23/h5-9,12-13H,3-4,10-11H2,1-2H3. The van der Waals surface area contributed by atoms with Crippen LogP contribution in [0.4, 0.5) is 18.9 Å². The highest BCUT2D eigenvalue weighted by molar-refractivity contribution is 6.01. The monoisotopic (exact) mass is 378 g/mol. The number of anilines is 1. The van der Waals surface area contributed by atoms with Gasteiger partial charge in [0.25, 0.3) is 0 Å². The predicted molar refractivity (Wildman–Crippen MR) is 95.8 cm³/mol. The fourth-order valence-corrected chi connectivity index (χ4v) is 3.73. The molecule has 4 nitrogen and oxygen atoms in total. The Labute approximate surface area is 156 Å². The van der Waals surface area contributed by atoms with E-state index >= 15 is 0 Å². The van der Waals surface area contributed by atoms with Crippen molar-refractivity contribution in [3.8, 4) is 5.88 Å². The Balaban J connectivity index is 1.97. The van der Waals surface area contributed by atoms with E-state index in [4.69, 9.17) is 4.74 Å². The van der Waals surface area contributed by atoms with Crippen LogP contribution in [0.5, 0.6) is 5.88 Å². The lowest BCUT2D eigenvalue weighted by Gasteiger charge is -2.33. The Kier molecular flexibility index (Phi) is 5.13. The number of halogens is 3. The lowest BCUT2D eigenvalue weighted by molar-refractivity contribution is -0.137. The maximum absolute atomic E-state index is 13.4. The zero-order valence-electron chi connectivity index (χ0n) is 15.2. The first-order valence-electron chi connectivity index (χ1n) is 8.74. The third-order valence-corrected chi connectivity index (χ3v) is 5.23. The van der Waals surface area contributed by atoms with Gasteiger partial charge in [0.1, 0.15) is 0 Å². The number of aromatic nitrogens is 1. The molecule has 0 spiro atoms. The summed E-state index contributed by atoms with van der Waals surface area (Å²) >= 11 is 0. The van der Waals surface area contributed by atoms with Gasteiger partial charge in [-0.25, -0.2) is 4.98 Å². The zero-order valence-corrected chi connectivity index (χ0v) is 15.2. The molecule has 0 aliphatic heterocycles. The molecule has 0 saturated heterocycles. The third-order valence-electron chi connectivity index (χ3n) is 5.23. The van der Waals surface area contributed by atoms with Gasteiger partial charge in [0.05, 0.1) is 30.0 Å². The second-order valence-corrected chi connectivity index (χ2v) is 6.79. The zero-order chi connectivity index (χ0) is 19.7. The molecule has 3 rings (SSSR count). The van der Waals surface area contributed by atoms with Gasteiger partial charge >= 0.3 is 6.18 Å². The smallest absolute Gasteiger partial charge is 0.416 e. The molecule has 7 heteroatoms. The van der Waals surface area contributed by atoms with Gasteiger partial charge in [-0.3, -0.25) is 4.79 Å². The van der Waals surface area contributed by atoms with E-state index in [1.165, 1.54) is 24.3 Å². The molecule has 1 aliphatic rings. The SMILES string of the molecule is COc1ccc(N(C)C(=O)C2(c3cccc(C(F)(F)F)c3)CCCC2)cn1. The van der Waals surface area contributed by atoms with Gasteiger partial charge in [-0.2, -0.15) is 13.2 Å². The topological polar surface area (TPSA) is 42.4 Å². The molecule has 27 heavy (non-hydrogen) atoms. The molecule has 1 aliphatic carbocycles. The van der Waals surface area contributed by atoms with Crippen molar-refractivity contribution in [1.82, 2.24) is 4.98 Å². The molecule has 1 aromatic heterocycles. The Hall–Kier alpha value is -2.57. The average Bonchev–Trinajstić information content (AvgIpc) is 3.17. The van der Waals surface area contributed by atoms with Crippen LogP contribution >= 0.6 is 0 Å². The molecule has 1 heterocycles. The van der Waals surface area contributed by atoms with Crippen molar-refractivity contribution >= 4 is 11.6 Å². The van der Waals surface area contributed by atoms with Gasteiger partial charge < -0.3 is 9.64 Å². The molecule has 0 bridgehead atoms. The summed E-state index contributed by atoms with van der Waals surface area (Å²) in [6.07, 6.45) is -0.258. The lowest BCUT2D eigenvalue weighted by atomic mass is 9.77. The quantitative estimate of drug-likeness (QED) is 0.782. The summed E-state index contributed by atoms with van der Waals surface area (Å²) in [5.74, 6) is 0.208. The van der Waals surface area contributed by atoms with E-state index in [1.54, 1.807) is 25.2 Å². The summed E-state index contributed by atoms with van der Waals surface area (Å²) in [7, 11) is 3.12. The first kappa shape index (κ1) is 19.2. The lowest BCUT2D eigenvalue weighted by Crippen LogP contribution is -2.44. The molecule has 1 fully saturated rings. The van der Waals surface area contributed by atoms with E-state index < -0.39 is 17.2 Å². The third kappa shape index (κ3) is 3.63. The highest BCUT2D eigenvalue weighted by Gasteiger charge is 2.45. The number of pyridine rings is 1. The molecule has 0 N–H and O–H groups in total. The first-order chi connectivity index (χ1) is 12.8. The number of rotatable bonds is 4. The average molecular weight is 378 g/mol. The minimum atomic E-state index is -4.44. The molecule has 1 saturated carbocycles. The number of amides is 1. The molecule has 1 aromatic carbocycles. The summed E-state index contributed by atoms with van der Waals surface area (Å²) in [6, 6.07) is 8.50. The van der Waals surface area contributed by atoms with E-state index in [0.717, 1.165) is 25.0 Å². The Morgan fingerprint density at radius 1 is 1.19 bits per heavy atom. The number of carbonyl (C=O) groups excluding carboxylic acids is 1. The maximum atomic E-state index is 13.4. The highest BCUT2D eigenvalue weighted by atomic mass is 19.4. The van der Waals surface area contributed by atoms with Crippen molar-refractivity contribution in [1.29, 1.82) is 0 Å². The van der Waals surface area contributed by atoms with Crippen LogP contribution in [-0.4, -0.2) is 25.0 Å². The van der Waals surface area contributed by atoms with Crippen molar-refractivity contribution in [2.24, 2.45) is 0 Å². The number of carbonyl (C=O) groups is 1. The van der Waals surface area contributed by atoms with Crippen LogP contribution in [0.1, 0.15) is 36.8 Å². The largest absolute Gasteiger partial charge is 0.481 e. The van der Waals surface area contributed by atoms with Crippen molar-refractivity contribution in [2.45, 2.75) is 37.3 Å². The fraction of sp³-hybridized carbons (Fsp3) is 0.400. The predicted octanol–water partition coefficient (Wildman–Crippen LogP) is 4.58. The van der Waals surface area contributed by atoms with Crippen LogP contribution in [0, 0.1) is 0 Å². The molecule has 144 valence electrons. The van der Waals surface area contributed by atoms with Crippen LogP contribution in [0.3, 0.4) is 0 Å². The number of hydrogen-bond donors (Lipinski definition) is 0. The number of methoxy groups -OCH3 is 1. The summed E-state index contributed by atoms with van der Waals surface area (Å²) in [5.41, 5.74) is -0.685. The number of likely N-dealkylation sites (N-methyl/N-ethyl adjacent to an activating group) is 1. The minimum Gasteiger partial charge on any atom is -0.481 e. The molecule has 0 radical (unpaired) electrons. The van der Waals surface area contributed by atoms with Crippen LogP contribution in [-0.2, 0) is 16.4 Å². The summed E-state index contributed by atoms with van der Waals surface area (Å²) in [5, 5.41) is 0. The van der Waals surface area contributed by atoms with Gasteiger partial charge in [0.2, 0.25) is 11.8 Å². The molecule has 0 unspecified atom stereocenters. The Morgan fingerprint density at radius 3 is 2.44 bits per heavy atom. The minimum absolute atomic E-state index is 0.216. The summed E-state index contributed by atoms with van der Waals surface area (Å²) in [4.78, 5) is 18.9. The highest BCUT2D eigenvalue weighted by Crippen LogP contribution is 2.44. The maximum Gasteiger partial charge on any atom is 0.416 e. The van der Waals surface area contributed by atoms with Gasteiger partial charge in [0.15, 0.2) is 0 Å². The van der Waals surface area contributed by atoms with Crippen molar-refractivity contribution in [3.05, 3.63) is 53.7 Å². The normalized spacial score (nSPS) is 16.2. The summed E-state index contributed by atoms with van der Waals surface area (Å²) in [6.45, 7) is 0.